The molecule has 0 atom stereocenters. The number of aromatic nitrogens is 3. The average Bonchev–Trinajstić information content (AvgIpc) is 3.38. The van der Waals surface area contributed by atoms with Gasteiger partial charge in [0.05, 0.1) is 11.4 Å². The normalized spacial score (nSPS) is 10.9. The third-order valence-corrected chi connectivity index (χ3v) is 5.15. The minimum atomic E-state index is -2.87. The van der Waals surface area contributed by atoms with Gasteiger partial charge in [-0.15, -0.1) is 11.3 Å². The number of anilines is 1. The summed E-state index contributed by atoms with van der Waals surface area (Å²) in [6.45, 7) is -0.988. The van der Waals surface area contributed by atoms with Gasteiger partial charge in [-0.2, -0.15) is 13.9 Å². The van der Waals surface area contributed by atoms with Crippen molar-refractivity contribution in [1.82, 2.24) is 14.8 Å². The van der Waals surface area contributed by atoms with Crippen molar-refractivity contribution in [2.75, 3.05) is 5.32 Å². The summed E-state index contributed by atoms with van der Waals surface area (Å²) in [6.07, 6.45) is 3.50. The number of hydrogen-bond donors (Lipinski definition) is 1. The molecule has 0 saturated heterocycles. The molecule has 0 spiro atoms. The molecule has 2 heterocycles. The number of benzene rings is 2. The van der Waals surface area contributed by atoms with Crippen molar-refractivity contribution in [3.05, 3.63) is 77.4 Å². The van der Waals surface area contributed by atoms with Gasteiger partial charge in [0.25, 0.3) is 5.91 Å². The summed E-state index contributed by atoms with van der Waals surface area (Å²) in [5.74, 6) is -0.197. The number of alkyl halides is 2. The molecule has 152 valence electrons. The number of hydrogen-bond acceptors (Lipinski definition) is 5. The highest BCUT2D eigenvalue weighted by Gasteiger charge is 2.14. The van der Waals surface area contributed by atoms with E-state index in [0.29, 0.717) is 16.4 Å². The fourth-order valence-corrected chi connectivity index (χ4v) is 3.70. The zero-order valence-electron chi connectivity index (χ0n) is 15.8. The molecule has 0 saturated carbocycles. The second kappa shape index (κ2) is 8.42. The molecule has 2 aromatic heterocycles. The second-order valence-electron chi connectivity index (χ2n) is 6.28. The highest BCUT2D eigenvalue weighted by atomic mass is 32.1. The van der Waals surface area contributed by atoms with Gasteiger partial charge in [-0.25, -0.2) is 9.67 Å². The maximum Gasteiger partial charge on any atom is 0.387 e. The monoisotopic (exact) mass is 426 g/mol. The summed E-state index contributed by atoms with van der Waals surface area (Å²) in [7, 11) is 0. The number of carbonyl (C=O) groups excluding carboxylic acids is 1. The average molecular weight is 426 g/mol. The number of rotatable bonds is 6. The smallest absolute Gasteiger partial charge is 0.387 e. The predicted octanol–water partition coefficient (Wildman–Crippen LogP) is 5.16. The van der Waals surface area contributed by atoms with Crippen LogP contribution in [0.25, 0.3) is 16.9 Å². The second-order valence-corrected chi connectivity index (χ2v) is 7.48. The van der Waals surface area contributed by atoms with Crippen molar-refractivity contribution < 1.29 is 18.3 Å². The van der Waals surface area contributed by atoms with E-state index in [9.17, 15) is 13.6 Å². The number of nitrogens with one attached hydrogen (secondary N) is 1. The van der Waals surface area contributed by atoms with Crippen LogP contribution in [0, 0.1) is 6.92 Å². The molecule has 0 unspecified atom stereocenters. The Labute approximate surface area is 174 Å². The van der Waals surface area contributed by atoms with E-state index < -0.39 is 6.61 Å². The van der Waals surface area contributed by atoms with Crippen LogP contribution in [0.2, 0.25) is 0 Å². The number of nitrogens with zero attached hydrogens (tertiary/aromatic N) is 3. The lowest BCUT2D eigenvalue weighted by Gasteiger charge is -2.05. The van der Waals surface area contributed by atoms with Crippen LogP contribution in [0.5, 0.6) is 5.75 Å². The van der Waals surface area contributed by atoms with Crippen LogP contribution in [0.1, 0.15) is 15.2 Å². The van der Waals surface area contributed by atoms with Gasteiger partial charge in [0.2, 0.25) is 0 Å². The first kappa shape index (κ1) is 19.7. The number of halogens is 2. The van der Waals surface area contributed by atoms with E-state index in [1.165, 1.54) is 23.5 Å². The molecule has 0 aliphatic heterocycles. The van der Waals surface area contributed by atoms with Gasteiger partial charge in [0.15, 0.2) is 5.13 Å². The third-order valence-electron chi connectivity index (χ3n) is 4.27. The topological polar surface area (TPSA) is 69.0 Å². The number of thiazole rings is 1. The Morgan fingerprint density at radius 2 is 1.87 bits per heavy atom. The zero-order chi connectivity index (χ0) is 21.1. The highest BCUT2D eigenvalue weighted by Crippen LogP contribution is 2.31. The number of aryl methyl sites for hydroxylation is 1. The van der Waals surface area contributed by atoms with Crippen LogP contribution in [-0.4, -0.2) is 27.3 Å². The van der Waals surface area contributed by atoms with Gasteiger partial charge in [-0.3, -0.25) is 10.1 Å². The minimum Gasteiger partial charge on any atom is -0.435 e. The Balaban J connectivity index is 1.47. The maximum atomic E-state index is 12.6. The lowest BCUT2D eigenvalue weighted by molar-refractivity contribution is -0.0498. The lowest BCUT2D eigenvalue weighted by atomic mass is 10.1. The highest BCUT2D eigenvalue weighted by molar-refractivity contribution is 7.16. The first-order valence-corrected chi connectivity index (χ1v) is 9.75. The number of carbonyl (C=O) groups is 1. The summed E-state index contributed by atoms with van der Waals surface area (Å²) in [5.41, 5.74) is 2.76. The molecule has 0 bridgehead atoms. The Hall–Kier alpha value is -3.59. The van der Waals surface area contributed by atoms with Crippen LogP contribution in [0.15, 0.2) is 67.0 Å². The van der Waals surface area contributed by atoms with E-state index in [-0.39, 0.29) is 11.7 Å². The predicted molar refractivity (Wildman–Crippen MR) is 110 cm³/mol. The van der Waals surface area contributed by atoms with Crippen LogP contribution < -0.4 is 10.1 Å². The fraction of sp³-hybridized carbons (Fsp3) is 0.0952. The van der Waals surface area contributed by atoms with Gasteiger partial charge in [0, 0.05) is 28.4 Å². The Morgan fingerprint density at radius 1 is 1.13 bits per heavy atom. The van der Waals surface area contributed by atoms with Crippen LogP contribution in [-0.2, 0) is 0 Å². The Kier molecular flexibility index (Phi) is 5.53. The molecule has 0 radical (unpaired) electrons. The largest absolute Gasteiger partial charge is 0.435 e. The standard InChI is InChI=1S/C21H16F2N4O2S/c1-13-18(14-5-9-17(10-6-14)29-20(22)23)25-21(30-13)26-19(28)15-3-7-16(8-4-15)27-12-2-11-24-27/h2-12,20H,1H3,(H,25,26,28). The van der Waals surface area contributed by atoms with E-state index in [1.54, 1.807) is 35.1 Å². The summed E-state index contributed by atoms with van der Waals surface area (Å²) >= 11 is 1.34. The molecule has 30 heavy (non-hydrogen) atoms. The molecule has 1 amide bonds. The molecule has 0 aliphatic carbocycles. The molecular formula is C21H16F2N4O2S. The third kappa shape index (κ3) is 4.36. The SMILES string of the molecule is Cc1sc(NC(=O)c2ccc(-n3cccn3)cc2)nc1-c1ccc(OC(F)F)cc1. The van der Waals surface area contributed by atoms with Crippen molar-refractivity contribution >= 4 is 22.4 Å². The minimum absolute atomic E-state index is 0.0775. The lowest BCUT2D eigenvalue weighted by Crippen LogP contribution is -2.11. The molecule has 4 aromatic rings. The van der Waals surface area contributed by atoms with Gasteiger partial charge in [0.1, 0.15) is 5.75 Å². The molecule has 4 rings (SSSR count). The molecule has 0 aliphatic rings. The van der Waals surface area contributed by atoms with Crippen molar-refractivity contribution in [2.24, 2.45) is 0 Å². The molecule has 6 nitrogen and oxygen atoms in total. The van der Waals surface area contributed by atoms with E-state index in [2.05, 4.69) is 20.1 Å². The van der Waals surface area contributed by atoms with Crippen molar-refractivity contribution in [2.45, 2.75) is 13.5 Å². The zero-order valence-corrected chi connectivity index (χ0v) is 16.6. The Bertz CT molecular complexity index is 1140. The molecule has 9 heteroatoms. The van der Waals surface area contributed by atoms with Gasteiger partial charge in [-0.05, 0) is 61.5 Å². The quantitative estimate of drug-likeness (QED) is 0.463. The molecular weight excluding hydrogens is 410 g/mol. The van der Waals surface area contributed by atoms with Crippen LogP contribution in [0.3, 0.4) is 0 Å². The fourth-order valence-electron chi connectivity index (χ4n) is 2.87. The van der Waals surface area contributed by atoms with Crippen molar-refractivity contribution in [1.29, 1.82) is 0 Å². The van der Waals surface area contributed by atoms with E-state index in [0.717, 1.165) is 16.1 Å². The number of amides is 1. The molecule has 2 aromatic carbocycles. The first-order valence-electron chi connectivity index (χ1n) is 8.94. The number of ether oxygens (including phenoxy) is 1. The molecule has 1 N–H and O–H groups in total. The maximum absolute atomic E-state index is 12.6. The van der Waals surface area contributed by atoms with E-state index in [4.69, 9.17) is 0 Å². The summed E-state index contributed by atoms with van der Waals surface area (Å²) in [4.78, 5) is 17.9. The van der Waals surface area contributed by atoms with Crippen LogP contribution in [0.4, 0.5) is 13.9 Å². The van der Waals surface area contributed by atoms with Crippen LogP contribution >= 0.6 is 11.3 Å². The van der Waals surface area contributed by atoms with E-state index in [1.807, 2.05) is 31.3 Å². The van der Waals surface area contributed by atoms with Gasteiger partial charge < -0.3 is 4.74 Å². The van der Waals surface area contributed by atoms with E-state index >= 15 is 0 Å². The van der Waals surface area contributed by atoms with Gasteiger partial charge >= 0.3 is 6.61 Å². The summed E-state index contributed by atoms with van der Waals surface area (Å²) in [5, 5.41) is 7.41. The summed E-state index contributed by atoms with van der Waals surface area (Å²) < 4.78 is 30.6. The Morgan fingerprint density at radius 3 is 2.50 bits per heavy atom. The molecule has 0 fully saturated rings. The van der Waals surface area contributed by atoms with Crippen molar-refractivity contribution in [3.8, 4) is 22.7 Å². The van der Waals surface area contributed by atoms with Gasteiger partial charge in [-0.1, -0.05) is 0 Å². The summed E-state index contributed by atoms with van der Waals surface area (Å²) in [6, 6.07) is 15.1. The van der Waals surface area contributed by atoms with Crippen molar-refractivity contribution in [3.63, 3.8) is 0 Å². The first-order chi connectivity index (χ1) is 14.5.